The third-order valence-corrected chi connectivity index (χ3v) is 4.11. The van der Waals surface area contributed by atoms with Gasteiger partial charge in [-0.3, -0.25) is 4.90 Å². The van der Waals surface area contributed by atoms with E-state index in [-0.39, 0.29) is 5.54 Å². The van der Waals surface area contributed by atoms with Gasteiger partial charge in [0, 0.05) is 18.6 Å². The average Bonchev–Trinajstić information content (AvgIpc) is 2.36. The molecule has 0 bridgehead atoms. The van der Waals surface area contributed by atoms with Gasteiger partial charge in [-0.25, -0.2) is 0 Å². The van der Waals surface area contributed by atoms with Gasteiger partial charge in [-0.1, -0.05) is 43.2 Å². The first-order valence-electron chi connectivity index (χ1n) is 7.47. The van der Waals surface area contributed by atoms with Crippen LogP contribution in [0.25, 0.3) is 0 Å². The average molecular weight is 262 g/mol. The minimum atomic E-state index is 0.105. The van der Waals surface area contributed by atoms with Gasteiger partial charge in [-0.2, -0.15) is 0 Å². The smallest absolute Gasteiger partial charge is 0.0304 e. The third-order valence-electron chi connectivity index (χ3n) is 4.11. The number of benzene rings is 1. The maximum atomic E-state index is 6.02. The van der Waals surface area contributed by atoms with Gasteiger partial charge in [0.05, 0.1) is 0 Å². The van der Waals surface area contributed by atoms with Crippen molar-refractivity contribution in [2.24, 2.45) is 5.73 Å². The second-order valence-electron chi connectivity index (χ2n) is 5.97. The van der Waals surface area contributed by atoms with Crippen LogP contribution in [0.15, 0.2) is 18.2 Å². The third kappa shape index (κ3) is 4.32. The van der Waals surface area contributed by atoms with Crippen molar-refractivity contribution in [2.45, 2.75) is 59.5 Å². The molecule has 0 aliphatic rings. The minimum Gasteiger partial charge on any atom is -0.329 e. The van der Waals surface area contributed by atoms with Crippen molar-refractivity contribution >= 4 is 0 Å². The van der Waals surface area contributed by atoms with Gasteiger partial charge in [0.15, 0.2) is 0 Å². The summed E-state index contributed by atoms with van der Waals surface area (Å²) < 4.78 is 0. The molecule has 2 N–H and O–H groups in total. The monoisotopic (exact) mass is 262 g/mol. The highest BCUT2D eigenvalue weighted by atomic mass is 15.2. The number of hydrogen-bond acceptors (Lipinski definition) is 2. The number of nitrogens with zero attached hydrogens (tertiary/aromatic N) is 1. The second kappa shape index (κ2) is 7.06. The Hall–Kier alpha value is -0.860. The summed E-state index contributed by atoms with van der Waals surface area (Å²) in [5.74, 6) is 0. The number of hydrogen-bond donors (Lipinski definition) is 1. The molecular weight excluding hydrogens is 232 g/mol. The summed E-state index contributed by atoms with van der Waals surface area (Å²) in [6.07, 6.45) is 2.26. The van der Waals surface area contributed by atoms with Gasteiger partial charge in [0.25, 0.3) is 0 Å². The van der Waals surface area contributed by atoms with E-state index in [0.29, 0.717) is 6.54 Å². The van der Waals surface area contributed by atoms with E-state index in [1.54, 1.807) is 0 Å². The van der Waals surface area contributed by atoms with Crippen LogP contribution in [0.1, 0.15) is 50.3 Å². The van der Waals surface area contributed by atoms with Crippen molar-refractivity contribution in [3.05, 3.63) is 34.9 Å². The first-order valence-corrected chi connectivity index (χ1v) is 7.47. The van der Waals surface area contributed by atoms with Crippen molar-refractivity contribution in [3.63, 3.8) is 0 Å². The molecule has 0 spiro atoms. The molecule has 0 amide bonds. The fourth-order valence-electron chi connectivity index (χ4n) is 2.69. The molecule has 1 aromatic rings. The van der Waals surface area contributed by atoms with Crippen LogP contribution in [0.3, 0.4) is 0 Å². The Kier molecular flexibility index (Phi) is 6.02. The van der Waals surface area contributed by atoms with Crippen LogP contribution in [0.5, 0.6) is 0 Å². The molecule has 1 aromatic carbocycles. The molecule has 1 atom stereocenters. The minimum absolute atomic E-state index is 0.105. The molecule has 0 aromatic heterocycles. The topological polar surface area (TPSA) is 29.3 Å². The SMILES string of the molecule is CCCN(Cc1cc(C)cc(C)c1)C(C)(CC)CN. The van der Waals surface area contributed by atoms with E-state index in [0.717, 1.165) is 19.5 Å². The summed E-state index contributed by atoms with van der Waals surface area (Å²) in [4.78, 5) is 2.54. The number of rotatable bonds is 7. The molecule has 0 radical (unpaired) electrons. The van der Waals surface area contributed by atoms with Crippen molar-refractivity contribution in [2.75, 3.05) is 13.1 Å². The Morgan fingerprint density at radius 2 is 1.68 bits per heavy atom. The fourth-order valence-corrected chi connectivity index (χ4v) is 2.69. The van der Waals surface area contributed by atoms with Crippen molar-refractivity contribution < 1.29 is 0 Å². The molecule has 1 unspecified atom stereocenters. The lowest BCUT2D eigenvalue weighted by molar-refractivity contribution is 0.0972. The molecular formula is C17H30N2. The zero-order chi connectivity index (χ0) is 14.5. The summed E-state index contributed by atoms with van der Waals surface area (Å²) in [5, 5.41) is 0. The summed E-state index contributed by atoms with van der Waals surface area (Å²) >= 11 is 0. The molecule has 0 heterocycles. The number of nitrogens with two attached hydrogens (primary N) is 1. The standard InChI is InChI=1S/C17H30N2/c1-6-8-19(17(5,7-2)13-18)12-16-10-14(3)9-15(4)11-16/h9-11H,6-8,12-13,18H2,1-5H3. The summed E-state index contributed by atoms with van der Waals surface area (Å²) in [7, 11) is 0. The van der Waals surface area contributed by atoms with Crippen molar-refractivity contribution in [1.82, 2.24) is 4.90 Å². The second-order valence-corrected chi connectivity index (χ2v) is 5.97. The van der Waals surface area contributed by atoms with Gasteiger partial charge in [-0.05, 0) is 45.7 Å². The molecule has 19 heavy (non-hydrogen) atoms. The van der Waals surface area contributed by atoms with Crippen LogP contribution in [-0.2, 0) is 6.54 Å². The van der Waals surface area contributed by atoms with Gasteiger partial charge in [-0.15, -0.1) is 0 Å². The Balaban J connectivity index is 2.94. The predicted octanol–water partition coefficient (Wildman–Crippen LogP) is 3.64. The molecule has 108 valence electrons. The normalized spacial score (nSPS) is 14.7. The Morgan fingerprint density at radius 1 is 1.11 bits per heavy atom. The maximum absolute atomic E-state index is 6.02. The predicted molar refractivity (Wildman–Crippen MR) is 84.4 cm³/mol. The Morgan fingerprint density at radius 3 is 2.11 bits per heavy atom. The van der Waals surface area contributed by atoms with Crippen LogP contribution < -0.4 is 5.73 Å². The highest BCUT2D eigenvalue weighted by molar-refractivity contribution is 5.28. The van der Waals surface area contributed by atoms with E-state index in [1.165, 1.54) is 23.1 Å². The molecule has 0 fully saturated rings. The first kappa shape index (κ1) is 16.2. The van der Waals surface area contributed by atoms with Crippen LogP contribution >= 0.6 is 0 Å². The van der Waals surface area contributed by atoms with Crippen LogP contribution in [0.2, 0.25) is 0 Å². The van der Waals surface area contributed by atoms with Crippen LogP contribution in [-0.4, -0.2) is 23.5 Å². The van der Waals surface area contributed by atoms with E-state index in [2.05, 4.69) is 57.7 Å². The van der Waals surface area contributed by atoms with E-state index in [9.17, 15) is 0 Å². The summed E-state index contributed by atoms with van der Waals surface area (Å²) in [6.45, 7) is 13.9. The lowest BCUT2D eigenvalue weighted by Gasteiger charge is -2.40. The lowest BCUT2D eigenvalue weighted by atomic mass is 9.95. The van der Waals surface area contributed by atoms with Crippen LogP contribution in [0.4, 0.5) is 0 Å². The van der Waals surface area contributed by atoms with Gasteiger partial charge in [0.2, 0.25) is 0 Å². The highest BCUT2D eigenvalue weighted by Gasteiger charge is 2.27. The van der Waals surface area contributed by atoms with Crippen LogP contribution in [0, 0.1) is 13.8 Å². The largest absolute Gasteiger partial charge is 0.329 e. The first-order chi connectivity index (χ1) is 8.95. The van der Waals surface area contributed by atoms with E-state index in [4.69, 9.17) is 5.73 Å². The molecule has 1 rings (SSSR count). The van der Waals surface area contributed by atoms with Gasteiger partial charge in [0.1, 0.15) is 0 Å². The molecule has 0 aliphatic heterocycles. The maximum Gasteiger partial charge on any atom is 0.0304 e. The van der Waals surface area contributed by atoms with E-state index in [1.807, 2.05) is 0 Å². The zero-order valence-electron chi connectivity index (χ0n) is 13.3. The Labute approximate surface area is 119 Å². The molecule has 0 saturated carbocycles. The fraction of sp³-hybridized carbons (Fsp3) is 0.647. The molecule has 2 nitrogen and oxygen atoms in total. The summed E-state index contributed by atoms with van der Waals surface area (Å²) in [6, 6.07) is 6.82. The van der Waals surface area contributed by atoms with E-state index < -0.39 is 0 Å². The number of aryl methyl sites for hydroxylation is 2. The molecule has 0 saturated heterocycles. The zero-order valence-corrected chi connectivity index (χ0v) is 13.3. The van der Waals surface area contributed by atoms with Gasteiger partial charge >= 0.3 is 0 Å². The molecule has 0 aliphatic carbocycles. The Bertz CT molecular complexity index is 374. The highest BCUT2D eigenvalue weighted by Crippen LogP contribution is 2.22. The summed E-state index contributed by atoms with van der Waals surface area (Å²) in [5.41, 5.74) is 10.2. The van der Waals surface area contributed by atoms with Crippen molar-refractivity contribution in [1.29, 1.82) is 0 Å². The van der Waals surface area contributed by atoms with Gasteiger partial charge < -0.3 is 5.73 Å². The lowest BCUT2D eigenvalue weighted by Crippen LogP contribution is -2.51. The molecule has 2 heteroatoms. The van der Waals surface area contributed by atoms with E-state index >= 15 is 0 Å². The quantitative estimate of drug-likeness (QED) is 0.813. The van der Waals surface area contributed by atoms with Crippen molar-refractivity contribution in [3.8, 4) is 0 Å².